The molecule has 2 N–H and O–H groups in total. The van der Waals surface area contributed by atoms with Crippen molar-refractivity contribution in [3.8, 4) is 0 Å². The number of amides is 1. The van der Waals surface area contributed by atoms with E-state index < -0.39 is 0 Å². The van der Waals surface area contributed by atoms with Crippen LogP contribution in [0.4, 0.5) is 11.4 Å². The highest BCUT2D eigenvalue weighted by molar-refractivity contribution is 7.99. The number of thioether (sulfide) groups is 1. The number of aryl methyl sites for hydroxylation is 1. The van der Waals surface area contributed by atoms with Crippen LogP contribution in [0, 0.1) is 0 Å². The molecule has 3 aromatic rings. The van der Waals surface area contributed by atoms with Crippen LogP contribution in [0.25, 0.3) is 0 Å². The van der Waals surface area contributed by atoms with Crippen LogP contribution >= 0.6 is 11.8 Å². The Hall–Kier alpha value is -2.72. The summed E-state index contributed by atoms with van der Waals surface area (Å²) in [6.45, 7) is 2.93. The van der Waals surface area contributed by atoms with Gasteiger partial charge in [0.2, 0.25) is 5.91 Å². The van der Waals surface area contributed by atoms with E-state index in [-0.39, 0.29) is 5.91 Å². The van der Waals surface area contributed by atoms with E-state index >= 15 is 0 Å². The fourth-order valence-electron chi connectivity index (χ4n) is 3.11. The average molecular weight is 405 g/mol. The third-order valence-electron chi connectivity index (χ3n) is 4.62. The van der Waals surface area contributed by atoms with E-state index in [2.05, 4.69) is 72.2 Å². The lowest BCUT2D eigenvalue weighted by atomic mass is 10.1. The van der Waals surface area contributed by atoms with Crippen molar-refractivity contribution in [2.24, 2.45) is 0 Å². The molecule has 0 unspecified atom stereocenters. The maximum atomic E-state index is 12.3. The minimum absolute atomic E-state index is 0.0790. The van der Waals surface area contributed by atoms with Gasteiger partial charge in [-0.05, 0) is 54.0 Å². The second-order valence-electron chi connectivity index (χ2n) is 6.87. The van der Waals surface area contributed by atoms with Gasteiger partial charge in [0, 0.05) is 23.5 Å². The SMILES string of the molecule is CCSc1ccccc1NC(=O)CCCc1ccc(NCc2ccccc2)cc1. The molecule has 3 aromatic carbocycles. The normalized spacial score (nSPS) is 10.5. The summed E-state index contributed by atoms with van der Waals surface area (Å²) in [6.07, 6.45) is 2.27. The molecule has 1 amide bonds. The zero-order chi connectivity index (χ0) is 20.3. The molecule has 29 heavy (non-hydrogen) atoms. The summed E-state index contributed by atoms with van der Waals surface area (Å²) in [5.74, 6) is 1.07. The van der Waals surface area contributed by atoms with Gasteiger partial charge in [-0.3, -0.25) is 4.79 Å². The Morgan fingerprint density at radius 2 is 1.59 bits per heavy atom. The third kappa shape index (κ3) is 6.99. The predicted octanol–water partition coefficient (Wildman–Crippen LogP) is 6.37. The maximum Gasteiger partial charge on any atom is 0.224 e. The quantitative estimate of drug-likeness (QED) is 0.386. The van der Waals surface area contributed by atoms with Gasteiger partial charge in [0.25, 0.3) is 0 Å². The van der Waals surface area contributed by atoms with Crippen molar-refractivity contribution in [1.82, 2.24) is 0 Å². The summed E-state index contributed by atoms with van der Waals surface area (Å²) >= 11 is 1.75. The topological polar surface area (TPSA) is 41.1 Å². The summed E-state index contributed by atoms with van der Waals surface area (Å²) in [4.78, 5) is 13.4. The van der Waals surface area contributed by atoms with Gasteiger partial charge in [0.15, 0.2) is 0 Å². The number of hydrogen-bond acceptors (Lipinski definition) is 3. The zero-order valence-corrected chi connectivity index (χ0v) is 17.7. The smallest absolute Gasteiger partial charge is 0.224 e. The zero-order valence-electron chi connectivity index (χ0n) is 16.9. The van der Waals surface area contributed by atoms with E-state index in [1.807, 2.05) is 24.3 Å². The highest BCUT2D eigenvalue weighted by atomic mass is 32.2. The highest BCUT2D eigenvalue weighted by Crippen LogP contribution is 2.26. The molecule has 0 bridgehead atoms. The lowest BCUT2D eigenvalue weighted by molar-refractivity contribution is -0.116. The summed E-state index contributed by atoms with van der Waals surface area (Å²) in [7, 11) is 0. The Bertz CT molecular complexity index is 894. The molecule has 3 rings (SSSR count). The standard InChI is InChI=1S/C25H28N2OS/c1-2-29-24-13-7-6-12-23(24)27-25(28)14-8-11-20-15-17-22(18-16-20)26-19-21-9-4-3-5-10-21/h3-7,9-10,12-13,15-18,26H,2,8,11,14,19H2,1H3,(H,27,28). The second kappa shape index (κ2) is 11.3. The van der Waals surface area contributed by atoms with Gasteiger partial charge < -0.3 is 10.6 Å². The Kier molecular flexibility index (Phi) is 8.20. The summed E-state index contributed by atoms with van der Waals surface area (Å²) in [6, 6.07) is 26.8. The lowest BCUT2D eigenvalue weighted by Gasteiger charge is -2.10. The van der Waals surface area contributed by atoms with Crippen LogP contribution in [0.3, 0.4) is 0 Å². The van der Waals surface area contributed by atoms with Crippen molar-refractivity contribution < 1.29 is 4.79 Å². The number of para-hydroxylation sites is 1. The molecule has 0 fully saturated rings. The minimum Gasteiger partial charge on any atom is -0.381 e. The molecule has 0 saturated carbocycles. The molecule has 0 saturated heterocycles. The predicted molar refractivity (Wildman–Crippen MR) is 125 cm³/mol. The number of carbonyl (C=O) groups is 1. The van der Waals surface area contributed by atoms with E-state index in [1.54, 1.807) is 11.8 Å². The van der Waals surface area contributed by atoms with Gasteiger partial charge in [-0.1, -0.05) is 61.5 Å². The molecule has 4 heteroatoms. The average Bonchev–Trinajstić information content (AvgIpc) is 2.75. The van der Waals surface area contributed by atoms with Crippen molar-refractivity contribution >= 4 is 29.0 Å². The number of nitrogens with one attached hydrogen (secondary N) is 2. The highest BCUT2D eigenvalue weighted by Gasteiger charge is 2.07. The van der Waals surface area contributed by atoms with Crippen molar-refractivity contribution in [2.75, 3.05) is 16.4 Å². The first-order valence-corrected chi connectivity index (χ1v) is 11.1. The number of carbonyl (C=O) groups excluding carboxylic acids is 1. The number of benzene rings is 3. The van der Waals surface area contributed by atoms with E-state index in [0.717, 1.165) is 41.4 Å². The second-order valence-corrected chi connectivity index (χ2v) is 8.17. The molecule has 0 aliphatic carbocycles. The van der Waals surface area contributed by atoms with Gasteiger partial charge in [0.1, 0.15) is 0 Å². The van der Waals surface area contributed by atoms with E-state index in [1.165, 1.54) is 11.1 Å². The first-order valence-electron chi connectivity index (χ1n) is 10.1. The van der Waals surface area contributed by atoms with Crippen LogP contribution in [-0.2, 0) is 17.8 Å². The minimum atomic E-state index is 0.0790. The van der Waals surface area contributed by atoms with Crippen molar-refractivity contribution in [2.45, 2.75) is 37.6 Å². The van der Waals surface area contributed by atoms with Crippen LogP contribution in [0.5, 0.6) is 0 Å². The van der Waals surface area contributed by atoms with Crippen molar-refractivity contribution in [1.29, 1.82) is 0 Å². The molecule has 0 spiro atoms. The third-order valence-corrected chi connectivity index (χ3v) is 5.58. The van der Waals surface area contributed by atoms with Crippen LogP contribution in [0.2, 0.25) is 0 Å². The number of rotatable bonds is 10. The van der Waals surface area contributed by atoms with E-state index in [9.17, 15) is 4.79 Å². The van der Waals surface area contributed by atoms with Gasteiger partial charge in [-0.2, -0.15) is 0 Å². The first-order chi connectivity index (χ1) is 14.2. The summed E-state index contributed by atoms with van der Waals surface area (Å²) < 4.78 is 0. The molecule has 150 valence electrons. The molecule has 0 aromatic heterocycles. The molecule has 0 aliphatic rings. The van der Waals surface area contributed by atoms with E-state index in [4.69, 9.17) is 0 Å². The number of anilines is 2. The van der Waals surface area contributed by atoms with Gasteiger partial charge >= 0.3 is 0 Å². The molecular formula is C25H28N2OS. The largest absolute Gasteiger partial charge is 0.381 e. The molecule has 0 heterocycles. The monoisotopic (exact) mass is 404 g/mol. The fraction of sp³-hybridized carbons (Fsp3) is 0.240. The maximum absolute atomic E-state index is 12.3. The Morgan fingerprint density at radius 3 is 2.34 bits per heavy atom. The molecule has 0 radical (unpaired) electrons. The van der Waals surface area contributed by atoms with Crippen molar-refractivity contribution in [3.63, 3.8) is 0 Å². The number of hydrogen-bond donors (Lipinski definition) is 2. The van der Waals surface area contributed by atoms with Crippen LogP contribution < -0.4 is 10.6 Å². The lowest BCUT2D eigenvalue weighted by Crippen LogP contribution is -2.12. The van der Waals surface area contributed by atoms with Crippen molar-refractivity contribution in [3.05, 3.63) is 90.0 Å². The molecule has 0 aliphatic heterocycles. The molecular weight excluding hydrogens is 376 g/mol. The fourth-order valence-corrected chi connectivity index (χ4v) is 3.87. The molecule has 0 atom stereocenters. The van der Waals surface area contributed by atoms with Gasteiger partial charge in [-0.25, -0.2) is 0 Å². The summed E-state index contributed by atoms with van der Waals surface area (Å²) in [5.41, 5.74) is 4.55. The Morgan fingerprint density at radius 1 is 0.862 bits per heavy atom. The van der Waals surface area contributed by atoms with Crippen LogP contribution in [0.1, 0.15) is 30.9 Å². The van der Waals surface area contributed by atoms with Crippen LogP contribution in [0.15, 0.2) is 83.8 Å². The first kappa shape index (κ1) is 21.0. The van der Waals surface area contributed by atoms with Crippen LogP contribution in [-0.4, -0.2) is 11.7 Å². The molecule has 3 nitrogen and oxygen atoms in total. The summed E-state index contributed by atoms with van der Waals surface area (Å²) in [5, 5.41) is 6.49. The Labute approximate surface area is 177 Å². The van der Waals surface area contributed by atoms with Gasteiger partial charge in [-0.15, -0.1) is 11.8 Å². The van der Waals surface area contributed by atoms with Gasteiger partial charge in [0.05, 0.1) is 5.69 Å². The van der Waals surface area contributed by atoms with E-state index in [0.29, 0.717) is 6.42 Å². The Balaban J connectivity index is 1.41.